The predicted octanol–water partition coefficient (Wildman–Crippen LogP) is 4.63. The van der Waals surface area contributed by atoms with Gasteiger partial charge >= 0.3 is 0 Å². The van der Waals surface area contributed by atoms with Gasteiger partial charge in [-0.2, -0.15) is 0 Å². The van der Waals surface area contributed by atoms with Crippen LogP contribution in [-0.4, -0.2) is 19.0 Å². The molecule has 4 heteroatoms. The zero-order valence-corrected chi connectivity index (χ0v) is 14.7. The standard InChI is InChI=1S/C22H22N2O2/c1-17-10-12-20(13-11-17)26-21-9-5-6-18(16-21)22(25)24-15-14-23-19-7-3-2-4-8-19/h2-13,16,23H,14-15H2,1H3,(H,24,25). The minimum absolute atomic E-state index is 0.116. The maximum Gasteiger partial charge on any atom is 0.251 e. The summed E-state index contributed by atoms with van der Waals surface area (Å²) in [6, 6.07) is 24.9. The van der Waals surface area contributed by atoms with Gasteiger partial charge in [0, 0.05) is 24.3 Å². The Labute approximate surface area is 153 Å². The third-order valence-corrected chi connectivity index (χ3v) is 3.87. The Morgan fingerprint density at radius 2 is 1.62 bits per heavy atom. The summed E-state index contributed by atoms with van der Waals surface area (Å²) in [5, 5.41) is 6.17. The molecule has 0 heterocycles. The lowest BCUT2D eigenvalue weighted by molar-refractivity contribution is 0.0955. The van der Waals surface area contributed by atoms with Gasteiger partial charge in [-0.1, -0.05) is 42.0 Å². The molecule has 0 spiro atoms. The number of rotatable bonds is 7. The number of benzene rings is 3. The molecular weight excluding hydrogens is 324 g/mol. The highest BCUT2D eigenvalue weighted by Crippen LogP contribution is 2.22. The molecule has 0 saturated heterocycles. The molecule has 0 fully saturated rings. The summed E-state index contributed by atoms with van der Waals surface area (Å²) in [4.78, 5) is 12.3. The number of carbonyl (C=O) groups excluding carboxylic acids is 1. The van der Waals surface area contributed by atoms with Crippen LogP contribution in [0.5, 0.6) is 11.5 Å². The highest BCUT2D eigenvalue weighted by atomic mass is 16.5. The van der Waals surface area contributed by atoms with Gasteiger partial charge < -0.3 is 15.4 Å². The Hall–Kier alpha value is -3.27. The lowest BCUT2D eigenvalue weighted by Crippen LogP contribution is -2.28. The van der Waals surface area contributed by atoms with Crippen LogP contribution < -0.4 is 15.4 Å². The van der Waals surface area contributed by atoms with E-state index in [-0.39, 0.29) is 5.91 Å². The summed E-state index contributed by atoms with van der Waals surface area (Å²) < 4.78 is 5.82. The largest absolute Gasteiger partial charge is 0.457 e. The van der Waals surface area contributed by atoms with Gasteiger partial charge in [0.15, 0.2) is 0 Å². The second-order valence-electron chi connectivity index (χ2n) is 5.99. The SMILES string of the molecule is Cc1ccc(Oc2cccc(C(=O)NCCNc3ccccc3)c2)cc1. The number of amides is 1. The summed E-state index contributed by atoms with van der Waals surface area (Å²) in [5.74, 6) is 1.28. The molecule has 26 heavy (non-hydrogen) atoms. The first-order chi connectivity index (χ1) is 12.7. The lowest BCUT2D eigenvalue weighted by Gasteiger charge is -2.10. The van der Waals surface area contributed by atoms with E-state index in [9.17, 15) is 4.79 Å². The summed E-state index contributed by atoms with van der Waals surface area (Å²) in [6.07, 6.45) is 0. The first-order valence-corrected chi connectivity index (χ1v) is 8.62. The van der Waals surface area contributed by atoms with Crippen LogP contribution in [0.3, 0.4) is 0 Å². The molecule has 4 nitrogen and oxygen atoms in total. The number of hydrogen-bond acceptors (Lipinski definition) is 3. The van der Waals surface area contributed by atoms with Crippen molar-refractivity contribution in [2.75, 3.05) is 18.4 Å². The van der Waals surface area contributed by atoms with Crippen LogP contribution in [0.15, 0.2) is 78.9 Å². The molecule has 3 aromatic carbocycles. The molecule has 0 radical (unpaired) electrons. The number of anilines is 1. The van der Waals surface area contributed by atoms with Crippen molar-refractivity contribution in [3.8, 4) is 11.5 Å². The van der Waals surface area contributed by atoms with E-state index in [2.05, 4.69) is 10.6 Å². The highest BCUT2D eigenvalue weighted by molar-refractivity contribution is 5.94. The number of hydrogen-bond donors (Lipinski definition) is 2. The molecule has 0 aliphatic carbocycles. The molecule has 0 aliphatic rings. The van der Waals surface area contributed by atoms with Crippen LogP contribution in [0.4, 0.5) is 5.69 Å². The lowest BCUT2D eigenvalue weighted by atomic mass is 10.2. The second kappa shape index (κ2) is 8.72. The van der Waals surface area contributed by atoms with Gasteiger partial charge in [-0.25, -0.2) is 0 Å². The monoisotopic (exact) mass is 346 g/mol. The van der Waals surface area contributed by atoms with Crippen LogP contribution in [0.25, 0.3) is 0 Å². The van der Waals surface area contributed by atoms with Crippen molar-refractivity contribution in [2.24, 2.45) is 0 Å². The fourth-order valence-corrected chi connectivity index (χ4v) is 2.48. The van der Waals surface area contributed by atoms with Crippen LogP contribution in [-0.2, 0) is 0 Å². The van der Waals surface area contributed by atoms with E-state index in [0.717, 1.165) is 11.4 Å². The Balaban J connectivity index is 1.52. The van der Waals surface area contributed by atoms with E-state index in [1.807, 2.05) is 73.7 Å². The first kappa shape index (κ1) is 17.5. The number of ether oxygens (including phenoxy) is 1. The zero-order chi connectivity index (χ0) is 18.2. The van der Waals surface area contributed by atoms with Crippen LogP contribution in [0, 0.1) is 6.92 Å². The number of aryl methyl sites for hydroxylation is 1. The highest BCUT2D eigenvalue weighted by Gasteiger charge is 2.06. The third-order valence-electron chi connectivity index (χ3n) is 3.87. The molecule has 3 aromatic rings. The molecule has 0 saturated carbocycles. The normalized spacial score (nSPS) is 10.2. The quantitative estimate of drug-likeness (QED) is 0.613. The maximum atomic E-state index is 12.3. The second-order valence-corrected chi connectivity index (χ2v) is 5.99. The minimum atomic E-state index is -0.116. The van der Waals surface area contributed by atoms with Crippen molar-refractivity contribution in [2.45, 2.75) is 6.92 Å². The fraction of sp³-hybridized carbons (Fsp3) is 0.136. The molecule has 0 unspecified atom stereocenters. The van der Waals surface area contributed by atoms with Crippen LogP contribution in [0.1, 0.15) is 15.9 Å². The van der Waals surface area contributed by atoms with E-state index in [0.29, 0.717) is 24.4 Å². The van der Waals surface area contributed by atoms with Gasteiger partial charge in [0.25, 0.3) is 5.91 Å². The number of para-hydroxylation sites is 1. The van der Waals surface area contributed by atoms with E-state index >= 15 is 0 Å². The third kappa shape index (κ3) is 5.11. The summed E-state index contributed by atoms with van der Waals surface area (Å²) in [6.45, 7) is 3.23. The Kier molecular flexibility index (Phi) is 5.88. The molecule has 0 aliphatic heterocycles. The molecule has 3 rings (SSSR count). The fourth-order valence-electron chi connectivity index (χ4n) is 2.48. The molecule has 1 amide bonds. The summed E-state index contributed by atoms with van der Waals surface area (Å²) in [5.41, 5.74) is 2.79. The summed E-state index contributed by atoms with van der Waals surface area (Å²) in [7, 11) is 0. The van der Waals surface area contributed by atoms with Gasteiger partial charge in [0.2, 0.25) is 0 Å². The Bertz CT molecular complexity index is 846. The van der Waals surface area contributed by atoms with E-state index < -0.39 is 0 Å². The number of nitrogens with one attached hydrogen (secondary N) is 2. The average Bonchev–Trinajstić information content (AvgIpc) is 2.68. The molecule has 0 aromatic heterocycles. The van der Waals surface area contributed by atoms with E-state index in [1.54, 1.807) is 12.1 Å². The minimum Gasteiger partial charge on any atom is -0.457 e. The molecule has 0 bridgehead atoms. The van der Waals surface area contributed by atoms with Crippen molar-refractivity contribution >= 4 is 11.6 Å². The topological polar surface area (TPSA) is 50.4 Å². The number of carbonyl (C=O) groups is 1. The van der Waals surface area contributed by atoms with Gasteiger partial charge in [0.05, 0.1) is 0 Å². The van der Waals surface area contributed by atoms with E-state index in [1.165, 1.54) is 5.56 Å². The van der Waals surface area contributed by atoms with Gasteiger partial charge in [-0.3, -0.25) is 4.79 Å². The Morgan fingerprint density at radius 1 is 0.846 bits per heavy atom. The van der Waals surface area contributed by atoms with Crippen molar-refractivity contribution in [1.82, 2.24) is 5.32 Å². The van der Waals surface area contributed by atoms with E-state index in [4.69, 9.17) is 4.74 Å². The van der Waals surface area contributed by atoms with Crippen molar-refractivity contribution in [3.05, 3.63) is 90.0 Å². The maximum absolute atomic E-state index is 12.3. The predicted molar refractivity (Wildman–Crippen MR) is 105 cm³/mol. The van der Waals surface area contributed by atoms with Crippen molar-refractivity contribution in [1.29, 1.82) is 0 Å². The molecule has 132 valence electrons. The molecular formula is C22H22N2O2. The average molecular weight is 346 g/mol. The zero-order valence-electron chi connectivity index (χ0n) is 14.7. The van der Waals surface area contributed by atoms with Gasteiger partial charge in [0.1, 0.15) is 11.5 Å². The van der Waals surface area contributed by atoms with Gasteiger partial charge in [-0.05, 0) is 49.4 Å². The van der Waals surface area contributed by atoms with Gasteiger partial charge in [-0.15, -0.1) is 0 Å². The first-order valence-electron chi connectivity index (χ1n) is 8.62. The molecule has 2 N–H and O–H groups in total. The van der Waals surface area contributed by atoms with Crippen LogP contribution in [0.2, 0.25) is 0 Å². The van der Waals surface area contributed by atoms with Crippen molar-refractivity contribution in [3.63, 3.8) is 0 Å². The van der Waals surface area contributed by atoms with Crippen molar-refractivity contribution < 1.29 is 9.53 Å². The van der Waals surface area contributed by atoms with Crippen LogP contribution >= 0.6 is 0 Å². The molecule has 0 atom stereocenters. The summed E-state index contributed by atoms with van der Waals surface area (Å²) >= 11 is 0. The smallest absolute Gasteiger partial charge is 0.251 e. The Morgan fingerprint density at radius 3 is 2.38 bits per heavy atom.